The van der Waals surface area contributed by atoms with Crippen LogP contribution < -0.4 is 0 Å². The van der Waals surface area contributed by atoms with E-state index in [-0.39, 0.29) is 25.9 Å². The summed E-state index contributed by atoms with van der Waals surface area (Å²) in [4.78, 5) is 48.5. The zero-order valence-electron chi connectivity index (χ0n) is 45.6. The Morgan fingerprint density at radius 1 is 0.403 bits per heavy atom. The minimum Gasteiger partial charge on any atom is -0.462 e. The second kappa shape index (κ2) is 53.9. The van der Waals surface area contributed by atoms with Gasteiger partial charge in [0.1, 0.15) is 12.7 Å². The van der Waals surface area contributed by atoms with E-state index in [9.17, 15) is 28.9 Å². The van der Waals surface area contributed by atoms with E-state index in [0.717, 1.165) is 103 Å². The predicted octanol–water partition coefficient (Wildman–Crippen LogP) is 16.7. The smallest absolute Gasteiger partial charge is 0.462 e. The van der Waals surface area contributed by atoms with Crippen molar-refractivity contribution in [2.24, 2.45) is 0 Å². The Morgan fingerprint density at radius 3 is 1.24 bits per heavy atom. The van der Waals surface area contributed by atoms with Crippen molar-refractivity contribution in [1.82, 2.24) is 0 Å². The van der Waals surface area contributed by atoms with Gasteiger partial charge >= 0.3 is 25.7 Å². The standard InChI is InChI=1S/C60H103O11P/c1-4-7-10-13-16-19-22-25-27-28-30-33-36-39-42-45-48-51-60(64)71-57(53-67-58(62)49-46-43-40-37-34-32-29-26-23-20-17-14-11-8-5-2)55-69-72(65,66)68-54-56(52-61)70-59(63)50-47-44-41-38-35-31-24-21-18-15-12-9-6-3/h9,12,16,18-19,21,25-27,29,31,35,41,44,56-57,61H,4-8,10-11,13-15,17,20,22-24,28,30,32-34,36-40,42-43,45-55H2,1-3H3,(H,65,66)/b12-9-,19-16-,21-18-,27-25-,29-26-,35-31-,44-41-. The molecule has 0 aromatic carbocycles. The number of rotatable bonds is 52. The molecule has 0 bridgehead atoms. The highest BCUT2D eigenvalue weighted by Gasteiger charge is 2.28. The monoisotopic (exact) mass is 1030 g/mol. The first-order valence-electron chi connectivity index (χ1n) is 28.5. The summed E-state index contributed by atoms with van der Waals surface area (Å²) in [6.45, 7) is 4.40. The molecule has 0 aliphatic rings. The average Bonchev–Trinajstić information content (AvgIpc) is 3.37. The maximum atomic E-state index is 12.9. The van der Waals surface area contributed by atoms with Crippen molar-refractivity contribution in [2.75, 3.05) is 26.4 Å². The van der Waals surface area contributed by atoms with Crippen molar-refractivity contribution in [3.8, 4) is 0 Å². The van der Waals surface area contributed by atoms with E-state index in [1.54, 1.807) is 0 Å². The maximum absolute atomic E-state index is 12.9. The van der Waals surface area contributed by atoms with E-state index in [0.29, 0.717) is 19.3 Å². The average molecular weight is 1030 g/mol. The fourth-order valence-corrected chi connectivity index (χ4v) is 8.24. The first-order valence-corrected chi connectivity index (χ1v) is 30.0. The summed E-state index contributed by atoms with van der Waals surface area (Å²) in [7, 11) is -4.77. The van der Waals surface area contributed by atoms with Crippen molar-refractivity contribution in [3.05, 3.63) is 85.1 Å². The van der Waals surface area contributed by atoms with Crippen LogP contribution in [0.1, 0.15) is 239 Å². The van der Waals surface area contributed by atoms with E-state index in [1.807, 2.05) is 12.2 Å². The van der Waals surface area contributed by atoms with Gasteiger partial charge in [-0.05, 0) is 103 Å². The molecule has 2 N–H and O–H groups in total. The summed E-state index contributed by atoms with van der Waals surface area (Å²) >= 11 is 0. The van der Waals surface area contributed by atoms with Crippen molar-refractivity contribution < 1.29 is 52.2 Å². The Labute approximate surface area is 439 Å². The van der Waals surface area contributed by atoms with Gasteiger partial charge < -0.3 is 24.2 Å². The van der Waals surface area contributed by atoms with Crippen molar-refractivity contribution in [2.45, 2.75) is 251 Å². The molecule has 0 fully saturated rings. The first-order chi connectivity index (χ1) is 35.2. The fourth-order valence-electron chi connectivity index (χ4n) is 7.45. The number of aliphatic hydroxyl groups excluding tert-OH is 1. The lowest BCUT2D eigenvalue weighted by Gasteiger charge is -2.21. The molecule has 0 spiro atoms. The van der Waals surface area contributed by atoms with Gasteiger partial charge in [-0.1, -0.05) is 202 Å². The largest absolute Gasteiger partial charge is 0.472 e. The normalized spacial score (nSPS) is 14.0. The van der Waals surface area contributed by atoms with Crippen LogP contribution in [-0.4, -0.2) is 66.5 Å². The number of hydrogen-bond donors (Lipinski definition) is 2. The number of ether oxygens (including phenoxy) is 3. The number of unbranched alkanes of at least 4 members (excludes halogenated alkanes) is 21. The van der Waals surface area contributed by atoms with Gasteiger partial charge in [0.2, 0.25) is 0 Å². The zero-order valence-corrected chi connectivity index (χ0v) is 46.5. The van der Waals surface area contributed by atoms with E-state index >= 15 is 0 Å². The van der Waals surface area contributed by atoms with E-state index in [1.165, 1.54) is 77.0 Å². The van der Waals surface area contributed by atoms with E-state index < -0.39 is 57.8 Å². The van der Waals surface area contributed by atoms with Gasteiger partial charge in [0.15, 0.2) is 6.10 Å². The van der Waals surface area contributed by atoms with Gasteiger partial charge in [-0.25, -0.2) is 4.57 Å². The molecule has 3 unspecified atom stereocenters. The molecule has 0 amide bonds. The molecular weight excluding hydrogens is 928 g/mol. The lowest BCUT2D eigenvalue weighted by Crippen LogP contribution is -2.30. The summed E-state index contributed by atoms with van der Waals surface area (Å²) in [5, 5.41) is 9.78. The van der Waals surface area contributed by atoms with Gasteiger partial charge in [0, 0.05) is 19.3 Å². The molecule has 0 saturated carbocycles. The summed E-state index contributed by atoms with van der Waals surface area (Å²) in [5.74, 6) is -1.57. The quantitative estimate of drug-likeness (QED) is 0.0197. The van der Waals surface area contributed by atoms with Crippen LogP contribution in [0.5, 0.6) is 0 Å². The Morgan fingerprint density at radius 2 is 0.750 bits per heavy atom. The van der Waals surface area contributed by atoms with Crippen LogP contribution in [0.15, 0.2) is 85.1 Å². The van der Waals surface area contributed by atoms with Crippen LogP contribution in [0.25, 0.3) is 0 Å². The molecule has 3 atom stereocenters. The van der Waals surface area contributed by atoms with Crippen molar-refractivity contribution >= 4 is 25.7 Å². The number of carbonyl (C=O) groups excluding carboxylic acids is 3. The lowest BCUT2D eigenvalue weighted by molar-refractivity contribution is -0.161. The minimum absolute atomic E-state index is 0.0525. The second-order valence-electron chi connectivity index (χ2n) is 18.7. The third-order valence-electron chi connectivity index (χ3n) is 11.8. The van der Waals surface area contributed by atoms with Crippen molar-refractivity contribution in [3.63, 3.8) is 0 Å². The van der Waals surface area contributed by atoms with Gasteiger partial charge in [-0.2, -0.15) is 0 Å². The highest BCUT2D eigenvalue weighted by Crippen LogP contribution is 2.43. The Bertz CT molecular complexity index is 1530. The number of phosphoric ester groups is 1. The maximum Gasteiger partial charge on any atom is 0.472 e. The molecule has 0 heterocycles. The van der Waals surface area contributed by atoms with Crippen LogP contribution in [0.2, 0.25) is 0 Å². The number of esters is 3. The van der Waals surface area contributed by atoms with Crippen LogP contribution in [0.4, 0.5) is 0 Å². The molecule has 0 aromatic rings. The predicted molar refractivity (Wildman–Crippen MR) is 298 cm³/mol. The number of hydrogen-bond acceptors (Lipinski definition) is 10. The lowest BCUT2D eigenvalue weighted by atomic mass is 10.1. The number of aliphatic hydroxyl groups is 1. The molecule has 414 valence electrons. The van der Waals surface area contributed by atoms with Gasteiger partial charge in [-0.15, -0.1) is 0 Å². The van der Waals surface area contributed by atoms with Crippen LogP contribution in [0.3, 0.4) is 0 Å². The third kappa shape index (κ3) is 51.6. The number of phosphoric acid groups is 1. The van der Waals surface area contributed by atoms with Gasteiger partial charge in [-0.3, -0.25) is 23.4 Å². The number of allylic oxidation sites excluding steroid dienone is 14. The zero-order chi connectivity index (χ0) is 52.7. The Kier molecular flexibility index (Phi) is 51.4. The molecular formula is C60H103O11P. The third-order valence-corrected chi connectivity index (χ3v) is 12.7. The number of carbonyl (C=O) groups is 3. The molecule has 0 aliphatic heterocycles. The Hall–Kier alpha value is -3.34. The fraction of sp³-hybridized carbons (Fsp3) is 0.717. The van der Waals surface area contributed by atoms with Gasteiger partial charge in [0.25, 0.3) is 0 Å². The Balaban J connectivity index is 4.82. The summed E-state index contributed by atoms with van der Waals surface area (Å²) in [6, 6.07) is 0. The second-order valence-corrected chi connectivity index (χ2v) is 20.2. The molecule has 12 heteroatoms. The summed E-state index contributed by atoms with van der Waals surface area (Å²) in [5.41, 5.74) is 0. The summed E-state index contributed by atoms with van der Waals surface area (Å²) < 4.78 is 39.4. The summed E-state index contributed by atoms with van der Waals surface area (Å²) in [6.07, 6.45) is 61.3. The van der Waals surface area contributed by atoms with Crippen LogP contribution in [-0.2, 0) is 42.2 Å². The highest BCUT2D eigenvalue weighted by atomic mass is 31.2. The molecule has 11 nitrogen and oxygen atoms in total. The SMILES string of the molecule is CC/C=C\C/C=C\C/C=C\C/C=C\CCC(=O)OC(CO)COP(=O)(O)OCC(COC(=O)CCCCCCC/C=C\CCCCCCCC)OC(=O)CCCCCCCCC/C=C\C/C=C\CCCCC. The van der Waals surface area contributed by atoms with Crippen LogP contribution >= 0.6 is 7.82 Å². The molecule has 0 aromatic heterocycles. The van der Waals surface area contributed by atoms with E-state index in [2.05, 4.69) is 93.7 Å². The van der Waals surface area contributed by atoms with Gasteiger partial charge in [0.05, 0.1) is 19.8 Å². The van der Waals surface area contributed by atoms with Crippen molar-refractivity contribution in [1.29, 1.82) is 0 Å². The minimum atomic E-state index is -4.77. The molecule has 0 saturated heterocycles. The van der Waals surface area contributed by atoms with E-state index in [4.69, 9.17) is 23.3 Å². The van der Waals surface area contributed by atoms with Crippen LogP contribution in [0, 0.1) is 0 Å². The molecule has 72 heavy (non-hydrogen) atoms. The topological polar surface area (TPSA) is 155 Å². The first kappa shape index (κ1) is 68.7. The molecule has 0 aliphatic carbocycles. The molecule has 0 rings (SSSR count). The molecule has 0 radical (unpaired) electrons. The highest BCUT2D eigenvalue weighted by molar-refractivity contribution is 7.47.